The Labute approximate surface area is 151 Å². The van der Waals surface area contributed by atoms with Crippen molar-refractivity contribution >= 4 is 33.3 Å². The molecule has 0 saturated heterocycles. The zero-order chi connectivity index (χ0) is 17.3. The highest BCUT2D eigenvalue weighted by atomic mass is 16.3. The molecule has 1 aromatic heterocycles. The van der Waals surface area contributed by atoms with Crippen LogP contribution in [0, 0.1) is 0 Å². The topological polar surface area (TPSA) is 25.2 Å². The van der Waals surface area contributed by atoms with Gasteiger partial charge in [-0.1, -0.05) is 66.7 Å². The first kappa shape index (κ1) is 14.8. The minimum atomic E-state index is 0.928. The number of fused-ring (bicyclic) bond motifs is 3. The molecule has 0 fully saturated rings. The fourth-order valence-corrected chi connectivity index (χ4v) is 3.40. The molecule has 2 heteroatoms. The first-order valence-electron chi connectivity index (χ1n) is 8.71. The number of para-hydroxylation sites is 3. The molecular formula is C24H17NO. The zero-order valence-electron chi connectivity index (χ0n) is 14.1. The van der Waals surface area contributed by atoms with Crippen LogP contribution < -0.4 is 5.32 Å². The van der Waals surface area contributed by atoms with Crippen LogP contribution in [0.25, 0.3) is 33.1 Å². The van der Waals surface area contributed by atoms with Gasteiger partial charge in [-0.05, 0) is 35.9 Å². The normalized spacial score (nSPS) is 11.1. The summed E-state index contributed by atoms with van der Waals surface area (Å²) in [6, 6.07) is 33.2. The summed E-state index contributed by atoms with van der Waals surface area (Å²) >= 11 is 0. The Morgan fingerprint density at radius 2 is 1.23 bits per heavy atom. The number of anilines is 2. The van der Waals surface area contributed by atoms with Gasteiger partial charge in [0, 0.05) is 27.7 Å². The van der Waals surface area contributed by atoms with Crippen molar-refractivity contribution in [2.45, 2.75) is 0 Å². The van der Waals surface area contributed by atoms with E-state index in [1.807, 2.05) is 36.4 Å². The van der Waals surface area contributed by atoms with Crippen LogP contribution in [-0.2, 0) is 0 Å². The third-order valence-corrected chi connectivity index (χ3v) is 4.66. The lowest BCUT2D eigenvalue weighted by Crippen LogP contribution is -1.89. The SMILES string of the molecule is c1ccc(Nc2ccc(-c3cccc4c3oc3ccccc34)cc2)cc1. The van der Waals surface area contributed by atoms with E-state index in [2.05, 4.69) is 66.0 Å². The summed E-state index contributed by atoms with van der Waals surface area (Å²) in [5.41, 5.74) is 6.28. The molecule has 26 heavy (non-hydrogen) atoms. The molecule has 5 aromatic rings. The first-order valence-corrected chi connectivity index (χ1v) is 8.71. The lowest BCUT2D eigenvalue weighted by atomic mass is 10.0. The Bertz CT molecular complexity index is 1190. The second-order valence-electron chi connectivity index (χ2n) is 6.35. The highest BCUT2D eigenvalue weighted by molar-refractivity contribution is 6.09. The third kappa shape index (κ3) is 2.52. The summed E-state index contributed by atoms with van der Waals surface area (Å²) < 4.78 is 6.15. The maximum atomic E-state index is 6.15. The molecule has 124 valence electrons. The Hall–Kier alpha value is -3.52. The van der Waals surface area contributed by atoms with E-state index in [0.717, 1.165) is 44.4 Å². The van der Waals surface area contributed by atoms with Crippen molar-refractivity contribution < 1.29 is 4.42 Å². The fraction of sp³-hybridized carbons (Fsp3) is 0. The minimum Gasteiger partial charge on any atom is -0.455 e. The molecule has 4 aromatic carbocycles. The van der Waals surface area contributed by atoms with Crippen molar-refractivity contribution in [1.29, 1.82) is 0 Å². The van der Waals surface area contributed by atoms with E-state index in [-0.39, 0.29) is 0 Å². The van der Waals surface area contributed by atoms with E-state index in [4.69, 9.17) is 4.42 Å². The molecule has 0 amide bonds. The summed E-state index contributed by atoms with van der Waals surface area (Å²) in [7, 11) is 0. The molecule has 0 saturated carbocycles. The highest BCUT2D eigenvalue weighted by Gasteiger charge is 2.11. The van der Waals surface area contributed by atoms with E-state index in [1.54, 1.807) is 0 Å². The lowest BCUT2D eigenvalue weighted by Gasteiger charge is -2.08. The van der Waals surface area contributed by atoms with E-state index in [0.29, 0.717) is 0 Å². The van der Waals surface area contributed by atoms with Gasteiger partial charge in [-0.3, -0.25) is 0 Å². The minimum absolute atomic E-state index is 0.928. The standard InChI is InChI=1S/C24H17NO/c1-2-7-18(8-3-1)25-19-15-13-17(14-16-19)20-10-6-11-22-21-9-4-5-12-23(21)26-24(20)22/h1-16,25H. The Morgan fingerprint density at radius 1 is 0.538 bits per heavy atom. The highest BCUT2D eigenvalue weighted by Crippen LogP contribution is 2.36. The molecule has 0 unspecified atom stereocenters. The van der Waals surface area contributed by atoms with Crippen molar-refractivity contribution in [3.05, 3.63) is 97.1 Å². The van der Waals surface area contributed by atoms with Gasteiger partial charge >= 0.3 is 0 Å². The molecule has 1 heterocycles. The molecule has 5 rings (SSSR count). The van der Waals surface area contributed by atoms with Crippen LogP contribution in [0.5, 0.6) is 0 Å². The third-order valence-electron chi connectivity index (χ3n) is 4.66. The van der Waals surface area contributed by atoms with Crippen LogP contribution in [0.4, 0.5) is 11.4 Å². The average molecular weight is 335 g/mol. The van der Waals surface area contributed by atoms with Gasteiger partial charge in [0.2, 0.25) is 0 Å². The van der Waals surface area contributed by atoms with Crippen LogP contribution in [0.15, 0.2) is 101 Å². The van der Waals surface area contributed by atoms with Crippen LogP contribution in [0.3, 0.4) is 0 Å². The van der Waals surface area contributed by atoms with E-state index in [1.165, 1.54) is 0 Å². The van der Waals surface area contributed by atoms with Crippen LogP contribution in [-0.4, -0.2) is 0 Å². The molecule has 0 aliphatic heterocycles. The van der Waals surface area contributed by atoms with Crippen molar-refractivity contribution in [3.8, 4) is 11.1 Å². The van der Waals surface area contributed by atoms with Gasteiger partial charge in [0.25, 0.3) is 0 Å². The maximum absolute atomic E-state index is 6.15. The number of hydrogen-bond donors (Lipinski definition) is 1. The first-order chi connectivity index (χ1) is 12.9. The molecule has 1 N–H and O–H groups in total. The molecule has 0 spiro atoms. The molecule has 0 aliphatic rings. The molecular weight excluding hydrogens is 318 g/mol. The number of hydrogen-bond acceptors (Lipinski definition) is 2. The van der Waals surface area contributed by atoms with Crippen molar-refractivity contribution in [3.63, 3.8) is 0 Å². The van der Waals surface area contributed by atoms with Crippen molar-refractivity contribution in [2.75, 3.05) is 5.32 Å². The molecule has 0 bridgehead atoms. The predicted molar refractivity (Wildman–Crippen MR) is 109 cm³/mol. The number of benzene rings is 4. The molecule has 0 atom stereocenters. The quantitative estimate of drug-likeness (QED) is 0.384. The smallest absolute Gasteiger partial charge is 0.143 e. The zero-order valence-corrected chi connectivity index (χ0v) is 14.1. The summed E-state index contributed by atoms with van der Waals surface area (Å²) in [4.78, 5) is 0. The number of furan rings is 1. The lowest BCUT2D eigenvalue weighted by molar-refractivity contribution is 0.670. The van der Waals surface area contributed by atoms with Gasteiger partial charge < -0.3 is 9.73 Å². The maximum Gasteiger partial charge on any atom is 0.143 e. The average Bonchev–Trinajstić information content (AvgIpc) is 3.08. The van der Waals surface area contributed by atoms with Gasteiger partial charge in [0.05, 0.1) is 0 Å². The van der Waals surface area contributed by atoms with E-state index < -0.39 is 0 Å². The van der Waals surface area contributed by atoms with E-state index in [9.17, 15) is 0 Å². The summed E-state index contributed by atoms with van der Waals surface area (Å²) in [6.07, 6.45) is 0. The van der Waals surface area contributed by atoms with Crippen molar-refractivity contribution in [2.24, 2.45) is 0 Å². The Kier molecular flexibility index (Phi) is 3.46. The number of rotatable bonds is 3. The largest absolute Gasteiger partial charge is 0.455 e. The summed E-state index contributed by atoms with van der Waals surface area (Å²) in [5.74, 6) is 0. The van der Waals surface area contributed by atoms with Crippen LogP contribution in [0.1, 0.15) is 0 Å². The second kappa shape index (κ2) is 6.08. The van der Waals surface area contributed by atoms with Gasteiger partial charge in [-0.2, -0.15) is 0 Å². The van der Waals surface area contributed by atoms with Gasteiger partial charge in [-0.15, -0.1) is 0 Å². The molecule has 0 aliphatic carbocycles. The molecule has 0 radical (unpaired) electrons. The summed E-state index contributed by atoms with van der Waals surface area (Å²) in [6.45, 7) is 0. The number of nitrogens with one attached hydrogen (secondary N) is 1. The fourth-order valence-electron chi connectivity index (χ4n) is 3.40. The van der Waals surface area contributed by atoms with Gasteiger partial charge in [-0.25, -0.2) is 0 Å². The van der Waals surface area contributed by atoms with Crippen LogP contribution in [0.2, 0.25) is 0 Å². The van der Waals surface area contributed by atoms with Crippen molar-refractivity contribution in [1.82, 2.24) is 0 Å². The second-order valence-corrected chi connectivity index (χ2v) is 6.35. The Balaban J connectivity index is 1.55. The van der Waals surface area contributed by atoms with E-state index >= 15 is 0 Å². The Morgan fingerprint density at radius 3 is 2.08 bits per heavy atom. The van der Waals surface area contributed by atoms with Gasteiger partial charge in [0.1, 0.15) is 11.2 Å². The monoisotopic (exact) mass is 335 g/mol. The van der Waals surface area contributed by atoms with Crippen LogP contribution >= 0.6 is 0 Å². The summed E-state index contributed by atoms with van der Waals surface area (Å²) in [5, 5.41) is 5.73. The predicted octanol–water partition coefficient (Wildman–Crippen LogP) is 7.00. The molecule has 2 nitrogen and oxygen atoms in total. The van der Waals surface area contributed by atoms with Gasteiger partial charge in [0.15, 0.2) is 0 Å².